The molecule has 0 saturated heterocycles. The molecule has 2 rings (SSSR count). The summed E-state index contributed by atoms with van der Waals surface area (Å²) >= 11 is 5.05. The molecule has 0 radical (unpaired) electrons. The molecule has 0 unspecified atom stereocenters. The summed E-state index contributed by atoms with van der Waals surface area (Å²) < 4.78 is 27.2. The second-order valence-corrected chi connectivity index (χ2v) is 9.21. The number of hydrogen-bond acceptors (Lipinski definition) is 4. The molecule has 9 heteroatoms. The second kappa shape index (κ2) is 8.64. The predicted octanol–water partition coefficient (Wildman–Crippen LogP) is 1.80. The largest absolute Gasteiger partial charge is 0.357 e. The lowest BCUT2D eigenvalue weighted by Crippen LogP contribution is -2.52. The van der Waals surface area contributed by atoms with Crippen LogP contribution in [0.1, 0.15) is 27.2 Å². The first-order valence-corrected chi connectivity index (χ1v) is 10.3. The zero-order chi connectivity index (χ0) is 20.1. The van der Waals surface area contributed by atoms with Gasteiger partial charge in [0.1, 0.15) is 0 Å². The normalized spacial score (nSPS) is 11.8. The molecule has 1 amide bonds. The number of fused-ring (bicyclic) bond motifs is 1. The summed E-state index contributed by atoms with van der Waals surface area (Å²) in [4.78, 5) is 12.0. The summed E-state index contributed by atoms with van der Waals surface area (Å²) in [6.45, 7) is 5.78. The first kappa shape index (κ1) is 21.1. The van der Waals surface area contributed by atoms with Crippen LogP contribution in [-0.2, 0) is 14.8 Å². The average Bonchev–Trinajstić information content (AvgIpc) is 2.58. The first-order valence-electron chi connectivity index (χ1n) is 8.42. The summed E-state index contributed by atoms with van der Waals surface area (Å²) in [7, 11) is -3.69. The summed E-state index contributed by atoms with van der Waals surface area (Å²) in [6.07, 6.45) is -0.0298. The van der Waals surface area contributed by atoms with E-state index < -0.39 is 10.0 Å². The summed E-state index contributed by atoms with van der Waals surface area (Å²) in [5, 5.41) is 5.07. The van der Waals surface area contributed by atoms with Crippen molar-refractivity contribution in [3.05, 3.63) is 42.5 Å². The number of sulfonamides is 1. The van der Waals surface area contributed by atoms with E-state index >= 15 is 0 Å². The zero-order valence-electron chi connectivity index (χ0n) is 15.5. The van der Waals surface area contributed by atoms with E-state index in [1.54, 1.807) is 18.2 Å². The zero-order valence-corrected chi connectivity index (χ0v) is 17.1. The van der Waals surface area contributed by atoms with Crippen molar-refractivity contribution < 1.29 is 13.2 Å². The Kier molecular flexibility index (Phi) is 6.74. The van der Waals surface area contributed by atoms with E-state index in [-0.39, 0.29) is 34.4 Å². The molecule has 0 spiro atoms. The lowest BCUT2D eigenvalue weighted by molar-refractivity contribution is -0.121. The lowest BCUT2D eigenvalue weighted by Gasteiger charge is -2.23. The number of carbonyl (C=O) groups is 1. The quantitative estimate of drug-likeness (QED) is 0.445. The number of hydrogen-bond donors (Lipinski definition) is 4. The number of hydrazine groups is 1. The fourth-order valence-corrected chi connectivity index (χ4v) is 3.70. The maximum absolute atomic E-state index is 12.4. The van der Waals surface area contributed by atoms with Crippen LogP contribution in [0, 0.1) is 0 Å². The Balaban J connectivity index is 1.84. The molecule has 0 fully saturated rings. The molecule has 27 heavy (non-hydrogen) atoms. The van der Waals surface area contributed by atoms with Gasteiger partial charge in [-0.15, -0.1) is 0 Å². The molecule has 2 aromatic rings. The van der Waals surface area contributed by atoms with Gasteiger partial charge in [0.05, 0.1) is 4.90 Å². The highest BCUT2D eigenvalue weighted by atomic mass is 32.2. The number of amides is 1. The lowest BCUT2D eigenvalue weighted by atomic mass is 10.1. The van der Waals surface area contributed by atoms with Crippen molar-refractivity contribution in [1.29, 1.82) is 0 Å². The van der Waals surface area contributed by atoms with Gasteiger partial charge in [-0.25, -0.2) is 13.1 Å². The first-order chi connectivity index (χ1) is 12.6. The van der Waals surface area contributed by atoms with Crippen LogP contribution < -0.4 is 20.9 Å². The van der Waals surface area contributed by atoms with Crippen LogP contribution in [0.3, 0.4) is 0 Å². The number of rotatable bonds is 5. The van der Waals surface area contributed by atoms with Crippen LogP contribution in [-0.4, -0.2) is 31.5 Å². The fourth-order valence-electron chi connectivity index (χ4n) is 2.28. The van der Waals surface area contributed by atoms with Gasteiger partial charge in [0, 0.05) is 18.5 Å². The van der Waals surface area contributed by atoms with Gasteiger partial charge in [0.15, 0.2) is 5.11 Å². The third-order valence-electron chi connectivity index (χ3n) is 3.48. The van der Waals surface area contributed by atoms with E-state index in [0.717, 1.165) is 10.8 Å². The summed E-state index contributed by atoms with van der Waals surface area (Å²) in [5.74, 6) is -0.380. The molecular weight excluding hydrogens is 384 g/mol. The van der Waals surface area contributed by atoms with E-state index in [9.17, 15) is 13.2 Å². The third-order valence-corrected chi connectivity index (χ3v) is 5.14. The Morgan fingerprint density at radius 3 is 2.37 bits per heavy atom. The second-order valence-electron chi connectivity index (χ2n) is 7.03. The average molecular weight is 409 g/mol. The van der Waals surface area contributed by atoms with E-state index in [2.05, 4.69) is 20.9 Å². The summed E-state index contributed by atoms with van der Waals surface area (Å²) in [6, 6.07) is 12.4. The maximum Gasteiger partial charge on any atom is 0.240 e. The van der Waals surface area contributed by atoms with Crippen LogP contribution in [0.4, 0.5) is 0 Å². The van der Waals surface area contributed by atoms with E-state index in [1.807, 2.05) is 45.0 Å². The fraction of sp³-hybridized carbons (Fsp3) is 0.333. The Morgan fingerprint density at radius 1 is 1.04 bits per heavy atom. The van der Waals surface area contributed by atoms with Gasteiger partial charge in [0.25, 0.3) is 0 Å². The minimum absolute atomic E-state index is 0.0257. The van der Waals surface area contributed by atoms with Crippen molar-refractivity contribution in [2.45, 2.75) is 37.6 Å². The van der Waals surface area contributed by atoms with Gasteiger partial charge in [0.2, 0.25) is 15.9 Å². The Bertz CT molecular complexity index is 937. The molecule has 0 aliphatic rings. The topological polar surface area (TPSA) is 99.3 Å². The van der Waals surface area contributed by atoms with Crippen LogP contribution in [0.5, 0.6) is 0 Å². The Hall–Kier alpha value is -2.23. The molecular formula is C18H24N4O3S2. The highest BCUT2D eigenvalue weighted by Gasteiger charge is 2.15. The van der Waals surface area contributed by atoms with Crippen molar-refractivity contribution >= 4 is 44.0 Å². The molecule has 0 atom stereocenters. The molecule has 0 bridgehead atoms. The Morgan fingerprint density at radius 2 is 1.70 bits per heavy atom. The van der Waals surface area contributed by atoms with Gasteiger partial charge in [-0.1, -0.05) is 30.3 Å². The van der Waals surface area contributed by atoms with Crippen LogP contribution in [0.2, 0.25) is 0 Å². The SMILES string of the molecule is CC(C)(C)NC(=S)NNC(=O)CCNS(=O)(=O)c1ccc2ccccc2c1. The smallest absolute Gasteiger partial charge is 0.240 e. The van der Waals surface area contributed by atoms with Gasteiger partial charge in [-0.2, -0.15) is 0 Å². The molecule has 4 N–H and O–H groups in total. The molecule has 0 aliphatic heterocycles. The highest BCUT2D eigenvalue weighted by molar-refractivity contribution is 7.89. The third kappa shape index (κ3) is 6.78. The van der Waals surface area contributed by atoms with Gasteiger partial charge >= 0.3 is 0 Å². The number of carbonyl (C=O) groups excluding carboxylic acids is 1. The molecule has 7 nitrogen and oxygen atoms in total. The molecule has 0 aromatic heterocycles. The summed E-state index contributed by atoms with van der Waals surface area (Å²) in [5.41, 5.74) is 4.78. The highest BCUT2D eigenvalue weighted by Crippen LogP contribution is 2.18. The number of benzene rings is 2. The van der Waals surface area contributed by atoms with Gasteiger partial charge in [-0.05, 0) is 55.9 Å². The molecule has 146 valence electrons. The van der Waals surface area contributed by atoms with E-state index in [1.165, 1.54) is 0 Å². The van der Waals surface area contributed by atoms with Crippen molar-refractivity contribution in [2.75, 3.05) is 6.54 Å². The van der Waals surface area contributed by atoms with Gasteiger partial charge in [-0.3, -0.25) is 15.6 Å². The van der Waals surface area contributed by atoms with Crippen LogP contribution in [0.15, 0.2) is 47.4 Å². The molecule has 2 aromatic carbocycles. The van der Waals surface area contributed by atoms with Crippen molar-refractivity contribution in [1.82, 2.24) is 20.9 Å². The Labute approximate surface area is 164 Å². The van der Waals surface area contributed by atoms with E-state index in [4.69, 9.17) is 12.2 Å². The van der Waals surface area contributed by atoms with Crippen molar-refractivity contribution in [3.63, 3.8) is 0 Å². The molecule has 0 aliphatic carbocycles. The molecule has 0 heterocycles. The minimum Gasteiger partial charge on any atom is -0.357 e. The standard InChI is InChI=1S/C18H24N4O3S2/c1-18(2,3)20-17(26)22-21-16(23)10-11-19-27(24,25)15-9-8-13-6-4-5-7-14(13)12-15/h4-9,12,19H,10-11H2,1-3H3,(H,21,23)(H2,20,22,26). The number of nitrogens with one attached hydrogen (secondary N) is 4. The van der Waals surface area contributed by atoms with E-state index in [0.29, 0.717) is 0 Å². The predicted molar refractivity (Wildman–Crippen MR) is 111 cm³/mol. The minimum atomic E-state index is -3.69. The van der Waals surface area contributed by atoms with Crippen molar-refractivity contribution in [2.24, 2.45) is 0 Å². The molecule has 0 saturated carbocycles. The van der Waals surface area contributed by atoms with Crippen LogP contribution >= 0.6 is 12.2 Å². The maximum atomic E-state index is 12.4. The monoisotopic (exact) mass is 408 g/mol. The number of thiocarbonyl (C=S) groups is 1. The van der Waals surface area contributed by atoms with Crippen molar-refractivity contribution in [3.8, 4) is 0 Å². The van der Waals surface area contributed by atoms with Crippen LogP contribution in [0.25, 0.3) is 10.8 Å². The van der Waals surface area contributed by atoms with Gasteiger partial charge < -0.3 is 5.32 Å².